The Morgan fingerprint density at radius 2 is 1.79 bits per heavy atom. The summed E-state index contributed by atoms with van der Waals surface area (Å²) >= 11 is 10.9. The van der Waals surface area contributed by atoms with E-state index in [0.29, 0.717) is 0 Å². The van der Waals surface area contributed by atoms with Crippen LogP contribution in [0.25, 0.3) is 0 Å². The van der Waals surface area contributed by atoms with Crippen molar-refractivity contribution in [2.75, 3.05) is 5.88 Å². The van der Waals surface area contributed by atoms with Gasteiger partial charge in [-0.15, -0.1) is 24.0 Å². The zero-order chi connectivity index (χ0) is 9.94. The molecule has 0 spiro atoms. The molecule has 0 fully saturated rings. The molecule has 0 bridgehead atoms. The number of hydrogen-bond donors (Lipinski definition) is 0. The number of rotatable bonds is 3. The van der Waals surface area contributed by atoms with E-state index in [1.807, 2.05) is 0 Å². The van der Waals surface area contributed by atoms with Crippen molar-refractivity contribution in [3.8, 4) is 0 Å². The molecular weight excluding hydrogens is 240 g/mol. The first kappa shape index (κ1) is 16.4. The molecule has 1 nitrogen and oxygen atoms in total. The fourth-order valence-electron chi connectivity index (χ4n) is 0.678. The van der Waals surface area contributed by atoms with Crippen LogP contribution in [0.4, 0.5) is 0 Å². The van der Waals surface area contributed by atoms with E-state index in [4.69, 9.17) is 23.2 Å². The second-order valence-electron chi connectivity index (χ2n) is 2.56. The average Bonchev–Trinajstić information content (AvgIpc) is 2.17. The van der Waals surface area contributed by atoms with E-state index in [1.165, 1.54) is 19.3 Å². The van der Waals surface area contributed by atoms with Crippen LogP contribution in [0.15, 0.2) is 24.5 Å². The maximum Gasteiger partial charge on any atom is 0.0436 e. The van der Waals surface area contributed by atoms with Crippen LogP contribution in [0.1, 0.15) is 26.2 Å². The molecule has 1 aromatic heterocycles. The van der Waals surface area contributed by atoms with E-state index in [2.05, 4.69) is 11.9 Å². The average molecular weight is 257 g/mol. The van der Waals surface area contributed by atoms with Crippen LogP contribution in [0, 0.1) is 0 Å². The van der Waals surface area contributed by atoms with E-state index in [9.17, 15) is 0 Å². The second kappa shape index (κ2) is 13.0. The molecule has 4 heteroatoms. The molecule has 0 aliphatic carbocycles. The highest BCUT2D eigenvalue weighted by molar-refractivity contribution is 6.30. The van der Waals surface area contributed by atoms with Gasteiger partial charge in [0.1, 0.15) is 0 Å². The van der Waals surface area contributed by atoms with E-state index < -0.39 is 0 Å². The van der Waals surface area contributed by atoms with Crippen LogP contribution < -0.4 is 0 Å². The number of nitrogens with zero attached hydrogens (tertiary/aromatic N) is 1. The van der Waals surface area contributed by atoms with Crippen molar-refractivity contribution >= 4 is 35.6 Å². The number of pyridine rings is 1. The van der Waals surface area contributed by atoms with Crippen molar-refractivity contribution in [1.29, 1.82) is 0 Å². The van der Waals surface area contributed by atoms with Crippen LogP contribution >= 0.6 is 35.6 Å². The third-order valence-corrected chi connectivity index (χ3v) is 1.90. The van der Waals surface area contributed by atoms with Crippen molar-refractivity contribution in [2.45, 2.75) is 26.2 Å². The van der Waals surface area contributed by atoms with Gasteiger partial charge in [0.2, 0.25) is 0 Å². The summed E-state index contributed by atoms with van der Waals surface area (Å²) in [6.07, 6.45) is 7.04. The van der Waals surface area contributed by atoms with Gasteiger partial charge in [0, 0.05) is 23.3 Å². The van der Waals surface area contributed by atoms with Gasteiger partial charge in [-0.2, -0.15) is 0 Å². The molecule has 0 atom stereocenters. The lowest BCUT2D eigenvalue weighted by atomic mass is 10.3. The molecule has 0 radical (unpaired) electrons. The molecule has 0 N–H and O–H groups in total. The van der Waals surface area contributed by atoms with Crippen LogP contribution in [0.2, 0.25) is 5.02 Å². The molecule has 0 aliphatic rings. The van der Waals surface area contributed by atoms with Crippen molar-refractivity contribution in [2.24, 2.45) is 0 Å². The number of aromatic nitrogens is 1. The lowest BCUT2D eigenvalue weighted by Crippen LogP contribution is -1.70. The zero-order valence-electron chi connectivity index (χ0n) is 8.25. The lowest BCUT2D eigenvalue weighted by molar-refractivity contribution is 0.776. The first-order chi connectivity index (χ1) is 6.31. The number of alkyl halides is 1. The van der Waals surface area contributed by atoms with Gasteiger partial charge in [-0.1, -0.05) is 31.4 Å². The molecule has 82 valence electrons. The monoisotopic (exact) mass is 255 g/mol. The Morgan fingerprint density at radius 3 is 2.00 bits per heavy atom. The van der Waals surface area contributed by atoms with Crippen molar-refractivity contribution < 1.29 is 0 Å². The van der Waals surface area contributed by atoms with Crippen LogP contribution in [0.5, 0.6) is 0 Å². The lowest BCUT2D eigenvalue weighted by Gasteiger charge is -1.84. The Labute approximate surface area is 102 Å². The first-order valence-corrected chi connectivity index (χ1v) is 5.34. The first-order valence-electron chi connectivity index (χ1n) is 4.42. The van der Waals surface area contributed by atoms with Gasteiger partial charge in [-0.25, -0.2) is 0 Å². The molecule has 0 aromatic carbocycles. The number of halogens is 3. The van der Waals surface area contributed by atoms with Crippen LogP contribution in [-0.4, -0.2) is 10.9 Å². The summed E-state index contributed by atoms with van der Waals surface area (Å²) in [5, 5.41) is 0.731. The highest BCUT2D eigenvalue weighted by Crippen LogP contribution is 2.01. The largest absolute Gasteiger partial charge is 0.265 e. The summed E-state index contributed by atoms with van der Waals surface area (Å²) < 4.78 is 0. The SMILES string of the molecule is CCCCCCl.Cl.Clc1ccncc1. The second-order valence-corrected chi connectivity index (χ2v) is 3.38. The minimum atomic E-state index is 0. The number of hydrogen-bond acceptors (Lipinski definition) is 1. The fraction of sp³-hybridized carbons (Fsp3) is 0.500. The van der Waals surface area contributed by atoms with E-state index in [0.717, 1.165) is 10.9 Å². The molecular formula is C10H16Cl3N. The van der Waals surface area contributed by atoms with Gasteiger partial charge in [-0.3, -0.25) is 4.98 Å². The van der Waals surface area contributed by atoms with Gasteiger partial charge < -0.3 is 0 Å². The van der Waals surface area contributed by atoms with Gasteiger partial charge in [0.05, 0.1) is 0 Å². The smallest absolute Gasteiger partial charge is 0.0436 e. The number of unbranched alkanes of at least 4 members (excludes halogenated alkanes) is 2. The Bertz CT molecular complexity index is 188. The molecule has 14 heavy (non-hydrogen) atoms. The Kier molecular flexibility index (Phi) is 15.3. The van der Waals surface area contributed by atoms with Crippen molar-refractivity contribution in [3.05, 3.63) is 29.5 Å². The van der Waals surface area contributed by atoms with E-state index in [-0.39, 0.29) is 12.4 Å². The molecule has 1 rings (SSSR count). The zero-order valence-corrected chi connectivity index (χ0v) is 10.6. The third-order valence-electron chi connectivity index (χ3n) is 1.38. The standard InChI is InChI=1S/C5H4ClN.C5H11Cl.ClH/c6-5-1-3-7-4-2-5;1-2-3-4-5-6;/h1-4H;2-5H2,1H3;1H. The van der Waals surface area contributed by atoms with Gasteiger partial charge in [-0.05, 0) is 18.6 Å². The summed E-state index contributed by atoms with van der Waals surface area (Å²) in [7, 11) is 0. The summed E-state index contributed by atoms with van der Waals surface area (Å²) in [6, 6.07) is 3.48. The minimum Gasteiger partial charge on any atom is -0.265 e. The summed E-state index contributed by atoms with van der Waals surface area (Å²) in [5.74, 6) is 0.827. The van der Waals surface area contributed by atoms with Crippen LogP contribution in [0.3, 0.4) is 0 Å². The van der Waals surface area contributed by atoms with Gasteiger partial charge >= 0.3 is 0 Å². The van der Waals surface area contributed by atoms with Crippen molar-refractivity contribution in [1.82, 2.24) is 4.98 Å². The fourth-order valence-corrected chi connectivity index (χ4v) is 0.980. The predicted molar refractivity (Wildman–Crippen MR) is 66.7 cm³/mol. The topological polar surface area (TPSA) is 12.9 Å². The summed E-state index contributed by atoms with van der Waals surface area (Å²) in [4.78, 5) is 3.76. The highest BCUT2D eigenvalue weighted by Gasteiger charge is 1.77. The molecule has 0 saturated carbocycles. The van der Waals surface area contributed by atoms with E-state index in [1.54, 1.807) is 24.5 Å². The minimum absolute atomic E-state index is 0. The quantitative estimate of drug-likeness (QED) is 0.570. The molecule has 1 aromatic rings. The van der Waals surface area contributed by atoms with E-state index >= 15 is 0 Å². The highest BCUT2D eigenvalue weighted by atomic mass is 35.5. The molecule has 0 unspecified atom stereocenters. The normalized spacial score (nSPS) is 8.21. The summed E-state index contributed by atoms with van der Waals surface area (Å²) in [6.45, 7) is 2.17. The predicted octanol–water partition coefficient (Wildman–Crippen LogP) is 4.57. The summed E-state index contributed by atoms with van der Waals surface area (Å²) in [5.41, 5.74) is 0. The third kappa shape index (κ3) is 12.0. The van der Waals surface area contributed by atoms with Gasteiger partial charge in [0.15, 0.2) is 0 Å². The Balaban J connectivity index is 0. The maximum atomic E-state index is 5.50. The Hall–Kier alpha value is 0.0200. The van der Waals surface area contributed by atoms with Crippen molar-refractivity contribution in [3.63, 3.8) is 0 Å². The molecule has 0 saturated heterocycles. The molecule has 0 amide bonds. The molecule has 0 aliphatic heterocycles. The van der Waals surface area contributed by atoms with Gasteiger partial charge in [0.25, 0.3) is 0 Å². The molecule has 1 heterocycles. The maximum absolute atomic E-state index is 5.50. The Morgan fingerprint density at radius 1 is 1.21 bits per heavy atom. The van der Waals surface area contributed by atoms with Crippen LogP contribution in [-0.2, 0) is 0 Å².